The van der Waals surface area contributed by atoms with Crippen LogP contribution in [0.2, 0.25) is 0 Å². The molecule has 1 aliphatic carbocycles. The predicted octanol–water partition coefficient (Wildman–Crippen LogP) is 3.37. The molecule has 0 aromatic heterocycles. The van der Waals surface area contributed by atoms with Crippen LogP contribution in [0.1, 0.15) is 39.0 Å². The number of ether oxygens (including phenoxy) is 1. The van der Waals surface area contributed by atoms with Gasteiger partial charge in [0.25, 0.3) is 0 Å². The van der Waals surface area contributed by atoms with Crippen molar-refractivity contribution in [2.45, 2.75) is 44.6 Å². The molecular formula is C13H19NO. The van der Waals surface area contributed by atoms with Crippen molar-refractivity contribution < 1.29 is 4.74 Å². The molecule has 1 aromatic carbocycles. The summed E-state index contributed by atoms with van der Waals surface area (Å²) in [7, 11) is 0. The Bertz CT molecular complexity index is 312. The first-order valence-corrected chi connectivity index (χ1v) is 5.79. The second kappa shape index (κ2) is 4.13. The average Bonchev–Trinajstić information content (AvgIpc) is 2.71. The summed E-state index contributed by atoms with van der Waals surface area (Å²) in [6, 6.07) is 7.72. The van der Waals surface area contributed by atoms with E-state index in [1.807, 2.05) is 24.3 Å². The molecule has 1 aromatic rings. The van der Waals surface area contributed by atoms with Crippen LogP contribution in [-0.4, -0.2) is 5.60 Å². The lowest BCUT2D eigenvalue weighted by Crippen LogP contribution is -2.31. The van der Waals surface area contributed by atoms with Crippen molar-refractivity contribution in [3.05, 3.63) is 24.3 Å². The Morgan fingerprint density at radius 1 is 1.20 bits per heavy atom. The lowest BCUT2D eigenvalue weighted by atomic mass is 9.99. The summed E-state index contributed by atoms with van der Waals surface area (Å²) >= 11 is 0. The van der Waals surface area contributed by atoms with E-state index in [1.54, 1.807) is 0 Å². The number of anilines is 1. The highest BCUT2D eigenvalue weighted by Gasteiger charge is 2.33. The van der Waals surface area contributed by atoms with E-state index < -0.39 is 0 Å². The Morgan fingerprint density at radius 2 is 1.80 bits per heavy atom. The first kappa shape index (κ1) is 10.3. The van der Waals surface area contributed by atoms with Gasteiger partial charge in [-0.25, -0.2) is 0 Å². The highest BCUT2D eigenvalue weighted by atomic mass is 16.5. The van der Waals surface area contributed by atoms with Crippen LogP contribution >= 0.6 is 0 Å². The van der Waals surface area contributed by atoms with Crippen LogP contribution in [-0.2, 0) is 0 Å². The van der Waals surface area contributed by atoms with E-state index in [1.165, 1.54) is 25.7 Å². The molecule has 0 spiro atoms. The van der Waals surface area contributed by atoms with Crippen molar-refractivity contribution in [2.75, 3.05) is 5.73 Å². The Morgan fingerprint density at radius 3 is 2.33 bits per heavy atom. The molecule has 0 atom stereocenters. The van der Waals surface area contributed by atoms with E-state index >= 15 is 0 Å². The van der Waals surface area contributed by atoms with Gasteiger partial charge in [0.15, 0.2) is 0 Å². The number of nitrogens with two attached hydrogens (primary N) is 1. The first-order valence-electron chi connectivity index (χ1n) is 5.79. The second-order valence-corrected chi connectivity index (χ2v) is 4.41. The van der Waals surface area contributed by atoms with Gasteiger partial charge in [-0.15, -0.1) is 0 Å². The van der Waals surface area contributed by atoms with E-state index in [2.05, 4.69) is 6.92 Å². The number of rotatable bonds is 3. The lowest BCUT2D eigenvalue weighted by molar-refractivity contribution is 0.0721. The van der Waals surface area contributed by atoms with Crippen LogP contribution in [0, 0.1) is 0 Å². The monoisotopic (exact) mass is 205 g/mol. The number of nitrogen functional groups attached to an aromatic ring is 1. The zero-order valence-electron chi connectivity index (χ0n) is 9.33. The average molecular weight is 205 g/mol. The van der Waals surface area contributed by atoms with E-state index in [4.69, 9.17) is 10.5 Å². The summed E-state index contributed by atoms with van der Waals surface area (Å²) in [5.41, 5.74) is 6.53. The molecule has 0 heterocycles. The van der Waals surface area contributed by atoms with Crippen LogP contribution < -0.4 is 10.5 Å². The molecule has 1 fully saturated rings. The first-order chi connectivity index (χ1) is 7.24. The predicted molar refractivity (Wildman–Crippen MR) is 63.0 cm³/mol. The minimum Gasteiger partial charge on any atom is -0.487 e. The van der Waals surface area contributed by atoms with Gasteiger partial charge in [-0.3, -0.25) is 0 Å². The van der Waals surface area contributed by atoms with Crippen LogP contribution in [0.4, 0.5) is 5.69 Å². The van der Waals surface area contributed by atoms with Crippen LogP contribution in [0.3, 0.4) is 0 Å². The third kappa shape index (κ3) is 2.25. The summed E-state index contributed by atoms with van der Waals surface area (Å²) in [5, 5.41) is 0. The van der Waals surface area contributed by atoms with Crippen LogP contribution in [0.15, 0.2) is 24.3 Å². The molecule has 82 valence electrons. The van der Waals surface area contributed by atoms with Crippen molar-refractivity contribution in [3.63, 3.8) is 0 Å². The minimum atomic E-state index is 0.0934. The van der Waals surface area contributed by atoms with E-state index in [0.717, 1.165) is 17.9 Å². The molecule has 2 rings (SSSR count). The molecular weight excluding hydrogens is 186 g/mol. The van der Waals surface area contributed by atoms with Gasteiger partial charge in [-0.05, 0) is 56.4 Å². The highest BCUT2D eigenvalue weighted by Crippen LogP contribution is 2.36. The molecule has 1 saturated carbocycles. The smallest absolute Gasteiger partial charge is 0.120 e. The SMILES string of the molecule is CCC1(Oc2ccc(N)cc2)CCCC1. The maximum Gasteiger partial charge on any atom is 0.120 e. The quantitative estimate of drug-likeness (QED) is 0.768. The summed E-state index contributed by atoms with van der Waals surface area (Å²) in [6.45, 7) is 2.21. The van der Waals surface area contributed by atoms with Gasteiger partial charge in [0, 0.05) is 5.69 Å². The van der Waals surface area contributed by atoms with Crippen molar-refractivity contribution in [2.24, 2.45) is 0 Å². The normalized spacial score (nSPS) is 19.0. The fourth-order valence-corrected chi connectivity index (χ4v) is 2.33. The molecule has 0 aliphatic heterocycles. The Labute approximate surface area is 91.4 Å². The standard InChI is InChI=1S/C13H19NO/c1-2-13(9-3-4-10-13)15-12-7-5-11(14)6-8-12/h5-8H,2-4,9-10,14H2,1H3. The minimum absolute atomic E-state index is 0.0934. The zero-order valence-corrected chi connectivity index (χ0v) is 9.33. The van der Waals surface area contributed by atoms with Crippen LogP contribution in [0.25, 0.3) is 0 Å². The molecule has 0 radical (unpaired) electrons. The highest BCUT2D eigenvalue weighted by molar-refractivity contribution is 5.41. The molecule has 2 nitrogen and oxygen atoms in total. The third-order valence-electron chi connectivity index (χ3n) is 3.37. The van der Waals surface area contributed by atoms with E-state index in [9.17, 15) is 0 Å². The fraction of sp³-hybridized carbons (Fsp3) is 0.538. The largest absolute Gasteiger partial charge is 0.487 e. The molecule has 2 heteroatoms. The van der Waals surface area contributed by atoms with Gasteiger partial charge in [-0.2, -0.15) is 0 Å². The maximum atomic E-state index is 6.11. The van der Waals surface area contributed by atoms with Gasteiger partial charge in [0.2, 0.25) is 0 Å². The zero-order chi connectivity index (χ0) is 10.7. The Balaban J connectivity index is 2.09. The Hall–Kier alpha value is -1.18. The molecule has 0 amide bonds. The van der Waals surface area contributed by atoms with Gasteiger partial charge in [0.1, 0.15) is 11.4 Å². The van der Waals surface area contributed by atoms with Crippen molar-refractivity contribution in [1.82, 2.24) is 0 Å². The van der Waals surface area contributed by atoms with Gasteiger partial charge in [0.05, 0.1) is 0 Å². The fourth-order valence-electron chi connectivity index (χ4n) is 2.33. The summed E-state index contributed by atoms with van der Waals surface area (Å²) in [5.74, 6) is 0.952. The second-order valence-electron chi connectivity index (χ2n) is 4.41. The molecule has 1 aliphatic rings. The van der Waals surface area contributed by atoms with Crippen molar-refractivity contribution >= 4 is 5.69 Å². The number of hydrogen-bond donors (Lipinski definition) is 1. The number of benzene rings is 1. The molecule has 0 saturated heterocycles. The summed E-state index contributed by atoms with van der Waals surface area (Å²) < 4.78 is 6.11. The lowest BCUT2D eigenvalue weighted by Gasteiger charge is -2.29. The summed E-state index contributed by atoms with van der Waals surface area (Å²) in [6.07, 6.45) is 6.06. The molecule has 0 bridgehead atoms. The van der Waals surface area contributed by atoms with Crippen molar-refractivity contribution in [3.8, 4) is 5.75 Å². The Kier molecular flexibility index (Phi) is 2.85. The number of hydrogen-bond acceptors (Lipinski definition) is 2. The topological polar surface area (TPSA) is 35.2 Å². The maximum absolute atomic E-state index is 6.11. The molecule has 15 heavy (non-hydrogen) atoms. The van der Waals surface area contributed by atoms with E-state index in [0.29, 0.717) is 0 Å². The van der Waals surface area contributed by atoms with Gasteiger partial charge >= 0.3 is 0 Å². The molecule has 0 unspecified atom stereocenters. The van der Waals surface area contributed by atoms with Crippen LogP contribution in [0.5, 0.6) is 5.75 Å². The van der Waals surface area contributed by atoms with E-state index in [-0.39, 0.29) is 5.60 Å². The molecule has 2 N–H and O–H groups in total. The third-order valence-corrected chi connectivity index (χ3v) is 3.37. The summed E-state index contributed by atoms with van der Waals surface area (Å²) in [4.78, 5) is 0. The van der Waals surface area contributed by atoms with Crippen molar-refractivity contribution in [1.29, 1.82) is 0 Å². The van der Waals surface area contributed by atoms with Gasteiger partial charge < -0.3 is 10.5 Å². The van der Waals surface area contributed by atoms with Gasteiger partial charge in [-0.1, -0.05) is 6.92 Å².